The third-order valence-corrected chi connectivity index (χ3v) is 4.28. The van der Waals surface area contributed by atoms with Crippen molar-refractivity contribution in [3.63, 3.8) is 0 Å². The highest BCUT2D eigenvalue weighted by Crippen LogP contribution is 2.30. The van der Waals surface area contributed by atoms with E-state index in [1.165, 1.54) is 25.7 Å². The van der Waals surface area contributed by atoms with Gasteiger partial charge in [-0.2, -0.15) is 0 Å². The van der Waals surface area contributed by atoms with Crippen LogP contribution in [0.2, 0.25) is 0 Å². The van der Waals surface area contributed by atoms with Gasteiger partial charge in [0.25, 0.3) is 0 Å². The van der Waals surface area contributed by atoms with Crippen molar-refractivity contribution in [1.82, 2.24) is 0 Å². The van der Waals surface area contributed by atoms with Crippen molar-refractivity contribution in [3.05, 3.63) is 47.5 Å². The van der Waals surface area contributed by atoms with Crippen LogP contribution in [0.4, 0.5) is 0 Å². The molecule has 0 aliphatic rings. The van der Waals surface area contributed by atoms with Gasteiger partial charge in [0.2, 0.25) is 0 Å². The minimum Gasteiger partial charge on any atom is -0.508 e. The van der Waals surface area contributed by atoms with E-state index in [0.717, 1.165) is 36.8 Å². The average molecular weight is 342 g/mol. The van der Waals surface area contributed by atoms with Gasteiger partial charge in [-0.15, -0.1) is 0 Å². The van der Waals surface area contributed by atoms with Gasteiger partial charge in [0.15, 0.2) is 0 Å². The Hall–Kier alpha value is -2.16. The van der Waals surface area contributed by atoms with Crippen LogP contribution < -0.4 is 4.74 Å². The van der Waals surface area contributed by atoms with Gasteiger partial charge in [0, 0.05) is 12.1 Å². The van der Waals surface area contributed by atoms with Crippen molar-refractivity contribution in [2.45, 2.75) is 65.2 Å². The molecule has 0 aliphatic carbocycles. The summed E-state index contributed by atoms with van der Waals surface area (Å²) in [6, 6.07) is 10.8. The van der Waals surface area contributed by atoms with Crippen molar-refractivity contribution in [2.75, 3.05) is 0 Å². The first-order chi connectivity index (χ1) is 12.1. The standard InChI is InChI=1S/C22H30O3/c1-3-5-7-9-17-11-19(23)15-21(13-17)25-22-14-18(10-8-6-4-2)12-20(24)16-22/h11-16,23-24H,3-10H2,1-2H3. The lowest BCUT2D eigenvalue weighted by Crippen LogP contribution is -1.91. The number of ether oxygens (including phenoxy) is 1. The number of phenolic OH excluding ortho intramolecular Hbond substituents is 2. The molecule has 0 atom stereocenters. The summed E-state index contributed by atoms with van der Waals surface area (Å²) in [6.45, 7) is 4.36. The maximum Gasteiger partial charge on any atom is 0.131 e. The summed E-state index contributed by atoms with van der Waals surface area (Å²) in [5.41, 5.74) is 2.15. The van der Waals surface area contributed by atoms with Gasteiger partial charge in [-0.3, -0.25) is 0 Å². The van der Waals surface area contributed by atoms with Gasteiger partial charge in [-0.05, 0) is 61.1 Å². The second-order valence-electron chi connectivity index (χ2n) is 6.69. The summed E-state index contributed by atoms with van der Waals surface area (Å²) in [6.07, 6.45) is 8.78. The first-order valence-electron chi connectivity index (χ1n) is 9.44. The van der Waals surface area contributed by atoms with Crippen LogP contribution in [0, 0.1) is 0 Å². The molecule has 0 radical (unpaired) electrons. The SMILES string of the molecule is CCCCCc1cc(O)cc(Oc2cc(O)cc(CCCCC)c2)c1. The minimum absolute atomic E-state index is 0.215. The molecule has 0 saturated heterocycles. The molecule has 0 saturated carbocycles. The normalized spacial score (nSPS) is 10.8. The lowest BCUT2D eigenvalue weighted by molar-refractivity contribution is 0.444. The first-order valence-corrected chi connectivity index (χ1v) is 9.44. The van der Waals surface area contributed by atoms with Crippen LogP contribution in [0.15, 0.2) is 36.4 Å². The second-order valence-corrected chi connectivity index (χ2v) is 6.69. The van der Waals surface area contributed by atoms with Crippen LogP contribution in [-0.2, 0) is 12.8 Å². The van der Waals surface area contributed by atoms with Gasteiger partial charge in [0.05, 0.1) is 0 Å². The van der Waals surface area contributed by atoms with Gasteiger partial charge < -0.3 is 14.9 Å². The van der Waals surface area contributed by atoms with Crippen molar-refractivity contribution >= 4 is 0 Å². The number of benzene rings is 2. The quantitative estimate of drug-likeness (QED) is 0.494. The summed E-state index contributed by atoms with van der Waals surface area (Å²) in [5.74, 6) is 1.65. The van der Waals surface area contributed by atoms with Gasteiger partial charge >= 0.3 is 0 Å². The Morgan fingerprint density at radius 1 is 0.640 bits per heavy atom. The Balaban J connectivity index is 2.10. The summed E-state index contributed by atoms with van der Waals surface area (Å²) in [7, 11) is 0. The number of rotatable bonds is 10. The van der Waals surface area contributed by atoms with Crippen molar-refractivity contribution in [1.29, 1.82) is 0 Å². The maximum absolute atomic E-state index is 9.95. The molecule has 0 spiro atoms. The van der Waals surface area contributed by atoms with Crippen LogP contribution in [0.3, 0.4) is 0 Å². The zero-order valence-electron chi connectivity index (χ0n) is 15.4. The summed E-state index contributed by atoms with van der Waals surface area (Å²) in [5, 5.41) is 19.9. The Bertz CT molecular complexity index is 607. The number of aromatic hydroxyl groups is 2. The van der Waals surface area contributed by atoms with Crippen LogP contribution in [0.25, 0.3) is 0 Å². The number of hydrogen-bond donors (Lipinski definition) is 2. The molecule has 0 fully saturated rings. The average Bonchev–Trinajstić information content (AvgIpc) is 2.54. The molecule has 0 amide bonds. The Morgan fingerprint density at radius 2 is 1.08 bits per heavy atom. The lowest BCUT2D eigenvalue weighted by atomic mass is 10.1. The summed E-state index contributed by atoms with van der Waals surface area (Å²) >= 11 is 0. The predicted molar refractivity (Wildman–Crippen MR) is 103 cm³/mol. The molecule has 2 rings (SSSR count). The predicted octanol–water partition coefficient (Wildman–Crippen LogP) is 6.36. The molecule has 2 N–H and O–H groups in total. The molecule has 0 heterocycles. The highest BCUT2D eigenvalue weighted by atomic mass is 16.5. The summed E-state index contributed by atoms with van der Waals surface area (Å²) in [4.78, 5) is 0. The molecule has 25 heavy (non-hydrogen) atoms. The van der Waals surface area contributed by atoms with E-state index < -0.39 is 0 Å². The Morgan fingerprint density at radius 3 is 1.48 bits per heavy atom. The van der Waals surface area contributed by atoms with Crippen LogP contribution >= 0.6 is 0 Å². The number of aryl methyl sites for hydroxylation is 2. The van der Waals surface area contributed by atoms with Crippen LogP contribution in [-0.4, -0.2) is 10.2 Å². The minimum atomic E-state index is 0.215. The fourth-order valence-corrected chi connectivity index (χ4v) is 2.99. The molecular formula is C22H30O3. The Labute approximate surface area is 151 Å². The third-order valence-electron chi connectivity index (χ3n) is 4.28. The van der Waals surface area contributed by atoms with Crippen molar-refractivity contribution in [3.8, 4) is 23.0 Å². The zero-order valence-corrected chi connectivity index (χ0v) is 15.4. The third kappa shape index (κ3) is 6.69. The Kier molecular flexibility index (Phi) is 7.65. The fraction of sp³-hybridized carbons (Fsp3) is 0.455. The molecule has 3 nitrogen and oxygen atoms in total. The molecule has 2 aromatic rings. The molecule has 0 bridgehead atoms. The van der Waals surface area contributed by atoms with Crippen LogP contribution in [0.5, 0.6) is 23.0 Å². The van der Waals surface area contributed by atoms with Gasteiger partial charge in [-0.1, -0.05) is 39.5 Å². The molecule has 3 heteroatoms. The largest absolute Gasteiger partial charge is 0.508 e. The van der Waals surface area contributed by atoms with E-state index in [-0.39, 0.29) is 11.5 Å². The van der Waals surface area contributed by atoms with E-state index in [0.29, 0.717) is 11.5 Å². The van der Waals surface area contributed by atoms with E-state index in [1.54, 1.807) is 24.3 Å². The van der Waals surface area contributed by atoms with Gasteiger partial charge in [0.1, 0.15) is 23.0 Å². The molecule has 2 aromatic carbocycles. The molecule has 0 unspecified atom stereocenters. The smallest absolute Gasteiger partial charge is 0.131 e. The van der Waals surface area contributed by atoms with E-state index in [4.69, 9.17) is 4.74 Å². The fourth-order valence-electron chi connectivity index (χ4n) is 2.99. The topological polar surface area (TPSA) is 49.7 Å². The van der Waals surface area contributed by atoms with E-state index in [1.807, 2.05) is 12.1 Å². The highest BCUT2D eigenvalue weighted by molar-refractivity contribution is 5.43. The van der Waals surface area contributed by atoms with Gasteiger partial charge in [-0.25, -0.2) is 0 Å². The molecule has 0 aromatic heterocycles. The van der Waals surface area contributed by atoms with E-state index >= 15 is 0 Å². The highest BCUT2D eigenvalue weighted by Gasteiger charge is 2.06. The number of hydrogen-bond acceptors (Lipinski definition) is 3. The summed E-state index contributed by atoms with van der Waals surface area (Å²) < 4.78 is 5.91. The van der Waals surface area contributed by atoms with Crippen molar-refractivity contribution < 1.29 is 14.9 Å². The zero-order chi connectivity index (χ0) is 18.1. The van der Waals surface area contributed by atoms with E-state index in [2.05, 4.69) is 13.8 Å². The number of unbranched alkanes of at least 4 members (excludes halogenated alkanes) is 4. The molecule has 136 valence electrons. The van der Waals surface area contributed by atoms with Crippen molar-refractivity contribution in [2.24, 2.45) is 0 Å². The maximum atomic E-state index is 9.95. The molecule has 0 aliphatic heterocycles. The second kappa shape index (κ2) is 9.97. The van der Waals surface area contributed by atoms with E-state index in [9.17, 15) is 10.2 Å². The number of phenols is 2. The molecular weight excluding hydrogens is 312 g/mol. The first kappa shape index (κ1) is 19.2. The monoisotopic (exact) mass is 342 g/mol. The lowest BCUT2D eigenvalue weighted by Gasteiger charge is -2.11. The van der Waals surface area contributed by atoms with Crippen LogP contribution in [0.1, 0.15) is 63.5 Å².